The van der Waals surface area contributed by atoms with Crippen LogP contribution in [0.2, 0.25) is 0 Å². The predicted molar refractivity (Wildman–Crippen MR) is 75.5 cm³/mol. The maximum Gasteiger partial charge on any atom is 0.309 e. The fourth-order valence-corrected chi connectivity index (χ4v) is 3.76. The van der Waals surface area contributed by atoms with Crippen LogP contribution in [-0.2, 0) is 9.59 Å². The van der Waals surface area contributed by atoms with Crippen LogP contribution in [0.1, 0.15) is 56.7 Å². The summed E-state index contributed by atoms with van der Waals surface area (Å²) in [5.41, 5.74) is 0. The second kappa shape index (κ2) is 5.92. The number of carbonyl (C=O) groups excluding carboxylic acids is 1. The van der Waals surface area contributed by atoms with Gasteiger partial charge in [-0.3, -0.25) is 9.59 Å². The standard InChI is InChI=1S/C16H21NO4/c18-14-9-8-12(16(19)20)15(13-7-4-10-21-13)17(14)11-5-2-1-3-6-11/h4,7,10-12,15H,1-3,5-6,8-9H2,(H,19,20). The molecule has 1 aliphatic heterocycles. The van der Waals surface area contributed by atoms with Crippen LogP contribution >= 0.6 is 0 Å². The van der Waals surface area contributed by atoms with E-state index in [-0.39, 0.29) is 11.9 Å². The van der Waals surface area contributed by atoms with Crippen molar-refractivity contribution in [3.63, 3.8) is 0 Å². The largest absolute Gasteiger partial charge is 0.481 e. The van der Waals surface area contributed by atoms with Gasteiger partial charge in [0.25, 0.3) is 0 Å². The van der Waals surface area contributed by atoms with E-state index in [1.165, 1.54) is 6.42 Å². The van der Waals surface area contributed by atoms with E-state index in [0.717, 1.165) is 25.7 Å². The first kappa shape index (κ1) is 14.2. The Hall–Kier alpha value is -1.78. The third-order valence-corrected chi connectivity index (χ3v) is 4.76. The molecule has 5 heteroatoms. The van der Waals surface area contributed by atoms with Crippen LogP contribution in [0.15, 0.2) is 22.8 Å². The van der Waals surface area contributed by atoms with Crippen molar-refractivity contribution >= 4 is 11.9 Å². The molecule has 114 valence electrons. The average molecular weight is 291 g/mol. The summed E-state index contributed by atoms with van der Waals surface area (Å²) in [5.74, 6) is -0.748. The number of furan rings is 1. The molecule has 1 saturated heterocycles. The van der Waals surface area contributed by atoms with E-state index >= 15 is 0 Å². The first-order valence-electron chi connectivity index (χ1n) is 7.76. The molecule has 0 bridgehead atoms. The summed E-state index contributed by atoms with van der Waals surface area (Å²) in [6.45, 7) is 0. The maximum atomic E-state index is 12.5. The quantitative estimate of drug-likeness (QED) is 0.929. The Bertz CT molecular complexity index is 504. The lowest BCUT2D eigenvalue weighted by molar-refractivity contribution is -0.155. The molecule has 1 N–H and O–H groups in total. The molecule has 2 heterocycles. The van der Waals surface area contributed by atoms with Gasteiger partial charge in [-0.05, 0) is 31.4 Å². The molecule has 3 rings (SSSR count). The summed E-state index contributed by atoms with van der Waals surface area (Å²) in [6.07, 6.45) is 7.62. The molecule has 0 radical (unpaired) electrons. The maximum absolute atomic E-state index is 12.5. The van der Waals surface area contributed by atoms with Crippen LogP contribution in [0, 0.1) is 5.92 Å². The van der Waals surface area contributed by atoms with Gasteiger partial charge >= 0.3 is 5.97 Å². The Morgan fingerprint density at radius 3 is 2.62 bits per heavy atom. The highest BCUT2D eigenvalue weighted by Gasteiger charge is 2.45. The summed E-state index contributed by atoms with van der Waals surface area (Å²) in [4.78, 5) is 25.9. The normalized spacial score (nSPS) is 27.8. The SMILES string of the molecule is O=C(O)C1CCC(=O)N(C2CCCCC2)C1c1ccco1. The van der Waals surface area contributed by atoms with Gasteiger partial charge in [-0.25, -0.2) is 0 Å². The number of aliphatic carboxylic acids is 1. The van der Waals surface area contributed by atoms with Crippen LogP contribution < -0.4 is 0 Å². The number of carboxylic acids is 1. The molecule has 1 aromatic rings. The van der Waals surface area contributed by atoms with E-state index in [0.29, 0.717) is 18.6 Å². The van der Waals surface area contributed by atoms with Crippen LogP contribution in [0.3, 0.4) is 0 Å². The first-order valence-corrected chi connectivity index (χ1v) is 7.76. The van der Waals surface area contributed by atoms with Gasteiger partial charge in [-0.2, -0.15) is 0 Å². The van der Waals surface area contributed by atoms with Crippen molar-refractivity contribution in [1.82, 2.24) is 4.90 Å². The molecule has 1 amide bonds. The van der Waals surface area contributed by atoms with Crippen molar-refractivity contribution in [3.05, 3.63) is 24.2 Å². The number of carboxylic acid groups (broad SMARTS) is 1. The zero-order valence-electron chi connectivity index (χ0n) is 12.0. The first-order chi connectivity index (χ1) is 10.2. The highest BCUT2D eigenvalue weighted by atomic mass is 16.4. The fraction of sp³-hybridized carbons (Fsp3) is 0.625. The van der Waals surface area contributed by atoms with Crippen molar-refractivity contribution in [2.45, 2.75) is 57.0 Å². The molecule has 1 aliphatic carbocycles. The number of piperidine rings is 1. The van der Waals surface area contributed by atoms with Crippen molar-refractivity contribution < 1.29 is 19.1 Å². The summed E-state index contributed by atoms with van der Waals surface area (Å²) in [7, 11) is 0. The summed E-state index contributed by atoms with van der Waals surface area (Å²) < 4.78 is 5.47. The fourth-order valence-electron chi connectivity index (χ4n) is 3.76. The Balaban J connectivity index is 1.95. The number of likely N-dealkylation sites (tertiary alicyclic amines) is 1. The minimum absolute atomic E-state index is 0.0702. The number of hydrogen-bond donors (Lipinski definition) is 1. The van der Waals surface area contributed by atoms with Gasteiger partial charge in [0.05, 0.1) is 12.2 Å². The van der Waals surface area contributed by atoms with Gasteiger partial charge < -0.3 is 14.4 Å². The van der Waals surface area contributed by atoms with Crippen molar-refractivity contribution in [3.8, 4) is 0 Å². The van der Waals surface area contributed by atoms with Gasteiger partial charge in [-0.1, -0.05) is 19.3 Å². The lowest BCUT2D eigenvalue weighted by Crippen LogP contribution is -2.50. The van der Waals surface area contributed by atoms with Crippen LogP contribution in [0.5, 0.6) is 0 Å². The summed E-state index contributed by atoms with van der Waals surface area (Å²) >= 11 is 0. The molecule has 0 aromatic carbocycles. The van der Waals surface area contributed by atoms with Crippen molar-refractivity contribution in [1.29, 1.82) is 0 Å². The molecule has 2 atom stereocenters. The number of hydrogen-bond acceptors (Lipinski definition) is 3. The summed E-state index contributed by atoms with van der Waals surface area (Å²) in [5, 5.41) is 9.53. The van der Waals surface area contributed by atoms with Gasteiger partial charge in [0.2, 0.25) is 5.91 Å². The molecule has 2 fully saturated rings. The monoisotopic (exact) mass is 291 g/mol. The Labute approximate surface area is 123 Å². The molecule has 1 aromatic heterocycles. The predicted octanol–water partition coefficient (Wildman–Crippen LogP) is 2.98. The van der Waals surface area contributed by atoms with E-state index in [1.807, 2.05) is 4.90 Å². The topological polar surface area (TPSA) is 70.8 Å². The molecule has 2 aliphatic rings. The lowest BCUT2D eigenvalue weighted by Gasteiger charge is -2.44. The zero-order valence-corrected chi connectivity index (χ0v) is 12.0. The van der Waals surface area contributed by atoms with E-state index in [1.54, 1.807) is 18.4 Å². The van der Waals surface area contributed by atoms with Gasteiger partial charge in [0.1, 0.15) is 11.8 Å². The molecule has 21 heavy (non-hydrogen) atoms. The van der Waals surface area contributed by atoms with Crippen LogP contribution in [0.4, 0.5) is 0 Å². The highest BCUT2D eigenvalue weighted by Crippen LogP contribution is 2.41. The molecule has 0 spiro atoms. The van der Waals surface area contributed by atoms with Crippen LogP contribution in [0.25, 0.3) is 0 Å². The Kier molecular flexibility index (Phi) is 3.99. The smallest absolute Gasteiger partial charge is 0.309 e. The minimum atomic E-state index is -0.843. The minimum Gasteiger partial charge on any atom is -0.481 e. The molecular weight excluding hydrogens is 270 g/mol. The van der Waals surface area contributed by atoms with E-state index in [2.05, 4.69) is 0 Å². The summed E-state index contributed by atoms with van der Waals surface area (Å²) in [6, 6.07) is 3.24. The van der Waals surface area contributed by atoms with E-state index in [9.17, 15) is 14.7 Å². The Morgan fingerprint density at radius 2 is 2.00 bits per heavy atom. The van der Waals surface area contributed by atoms with Crippen LogP contribution in [-0.4, -0.2) is 27.9 Å². The molecule has 2 unspecified atom stereocenters. The lowest BCUT2D eigenvalue weighted by atomic mass is 9.83. The highest BCUT2D eigenvalue weighted by molar-refractivity contribution is 5.82. The van der Waals surface area contributed by atoms with Gasteiger partial charge in [0.15, 0.2) is 0 Å². The van der Waals surface area contributed by atoms with Gasteiger partial charge in [0, 0.05) is 12.5 Å². The molecule has 5 nitrogen and oxygen atoms in total. The van der Waals surface area contributed by atoms with E-state index in [4.69, 9.17) is 4.42 Å². The Morgan fingerprint density at radius 1 is 1.24 bits per heavy atom. The zero-order chi connectivity index (χ0) is 14.8. The van der Waals surface area contributed by atoms with Gasteiger partial charge in [-0.15, -0.1) is 0 Å². The molecule has 1 saturated carbocycles. The average Bonchev–Trinajstić information content (AvgIpc) is 3.01. The second-order valence-corrected chi connectivity index (χ2v) is 6.04. The third kappa shape index (κ3) is 2.69. The number of rotatable bonds is 3. The van der Waals surface area contributed by atoms with Crippen molar-refractivity contribution in [2.75, 3.05) is 0 Å². The van der Waals surface area contributed by atoms with E-state index < -0.39 is 17.9 Å². The van der Waals surface area contributed by atoms with Crippen molar-refractivity contribution in [2.24, 2.45) is 5.92 Å². The number of carbonyl (C=O) groups is 2. The third-order valence-electron chi connectivity index (χ3n) is 4.76. The number of nitrogens with zero attached hydrogens (tertiary/aromatic N) is 1. The molecular formula is C16H21NO4. The number of amides is 1. The second-order valence-electron chi connectivity index (χ2n) is 6.04.